The van der Waals surface area contributed by atoms with Crippen LogP contribution >= 0.6 is 11.6 Å². The van der Waals surface area contributed by atoms with Gasteiger partial charge in [-0.1, -0.05) is 11.6 Å². The Hall–Kier alpha value is -2.37. The van der Waals surface area contributed by atoms with E-state index in [9.17, 15) is 23.1 Å². The van der Waals surface area contributed by atoms with Crippen LogP contribution in [0.4, 0.5) is 13.2 Å². The minimum absolute atomic E-state index is 0.133. The standard InChI is InChI=1S/C22H21ClF3N3O5/c23-11-1-2-15-13(5-11)14(30)6-16(32-15)17(31)27-21-7-20(8-21,9-21)19-29-28-18(33-19)10-3-12(4-10)34-22(24,25)26/h1-2,5,10,12,14,16,30H,3-4,6-9H2,(H,27,31)/t10?,12?,14-,16-,20?,21?/m1/s1. The molecule has 12 heteroatoms. The van der Waals surface area contributed by atoms with Crippen molar-refractivity contribution < 1.29 is 37.0 Å². The largest absolute Gasteiger partial charge is 0.522 e. The predicted molar refractivity (Wildman–Crippen MR) is 109 cm³/mol. The molecule has 0 unspecified atom stereocenters. The number of aromatic nitrogens is 2. The van der Waals surface area contributed by atoms with E-state index in [1.54, 1.807) is 18.2 Å². The molecule has 7 rings (SSSR count). The molecular weight excluding hydrogens is 479 g/mol. The van der Waals surface area contributed by atoms with Crippen LogP contribution in [0, 0.1) is 0 Å². The highest BCUT2D eigenvalue weighted by Crippen LogP contribution is 2.67. The summed E-state index contributed by atoms with van der Waals surface area (Å²) in [5.74, 6) is 0.721. The Morgan fingerprint density at radius 2 is 1.94 bits per heavy atom. The lowest BCUT2D eigenvalue weighted by Crippen LogP contribution is -2.77. The lowest BCUT2D eigenvalue weighted by atomic mass is 9.39. The number of ether oxygens (including phenoxy) is 2. The lowest BCUT2D eigenvalue weighted by Gasteiger charge is -2.68. The molecule has 4 aliphatic carbocycles. The van der Waals surface area contributed by atoms with Gasteiger partial charge in [-0.2, -0.15) is 0 Å². The molecule has 34 heavy (non-hydrogen) atoms. The van der Waals surface area contributed by atoms with Crippen molar-refractivity contribution in [3.05, 3.63) is 40.6 Å². The number of hydrogen-bond donors (Lipinski definition) is 2. The molecule has 182 valence electrons. The third-order valence-electron chi connectivity index (χ3n) is 7.39. The summed E-state index contributed by atoms with van der Waals surface area (Å²) in [5.41, 5.74) is -0.112. The fourth-order valence-corrected chi connectivity index (χ4v) is 5.91. The van der Waals surface area contributed by atoms with Crippen LogP contribution in [0.3, 0.4) is 0 Å². The van der Waals surface area contributed by atoms with Crippen LogP contribution in [0.1, 0.15) is 67.9 Å². The maximum atomic E-state index is 12.8. The van der Waals surface area contributed by atoms with Gasteiger partial charge in [-0.05, 0) is 50.3 Å². The second kappa shape index (κ2) is 7.32. The fourth-order valence-electron chi connectivity index (χ4n) is 5.73. The average molecular weight is 500 g/mol. The molecule has 0 radical (unpaired) electrons. The van der Waals surface area contributed by atoms with E-state index in [2.05, 4.69) is 20.3 Å². The van der Waals surface area contributed by atoms with Gasteiger partial charge >= 0.3 is 6.36 Å². The molecule has 1 amide bonds. The highest BCUT2D eigenvalue weighted by Gasteiger charge is 2.72. The molecule has 4 saturated carbocycles. The van der Waals surface area contributed by atoms with Gasteiger partial charge in [0.15, 0.2) is 6.10 Å². The van der Waals surface area contributed by atoms with Gasteiger partial charge in [-0.25, -0.2) is 0 Å². The Kier molecular flexibility index (Phi) is 4.76. The Bertz CT molecular complexity index is 1130. The summed E-state index contributed by atoms with van der Waals surface area (Å²) in [7, 11) is 0. The number of carbonyl (C=O) groups excluding carboxylic acids is 1. The molecule has 2 N–H and O–H groups in total. The molecule has 2 heterocycles. The summed E-state index contributed by atoms with van der Waals surface area (Å²) >= 11 is 5.97. The number of nitrogens with zero attached hydrogens (tertiary/aromatic N) is 2. The number of rotatable bonds is 5. The van der Waals surface area contributed by atoms with E-state index in [0.717, 1.165) is 0 Å². The topological polar surface area (TPSA) is 107 Å². The molecule has 0 saturated heterocycles. The zero-order valence-electron chi connectivity index (χ0n) is 17.8. The van der Waals surface area contributed by atoms with Crippen LogP contribution in [-0.2, 0) is 14.9 Å². The zero-order chi connectivity index (χ0) is 23.9. The second-order valence-electron chi connectivity index (χ2n) is 9.92. The number of aliphatic hydroxyl groups is 1. The van der Waals surface area contributed by atoms with E-state index < -0.39 is 24.7 Å². The first-order chi connectivity index (χ1) is 16.0. The predicted octanol–water partition coefficient (Wildman–Crippen LogP) is 3.68. The molecule has 8 nitrogen and oxygen atoms in total. The normalized spacial score (nSPS) is 35.8. The third kappa shape index (κ3) is 3.64. The summed E-state index contributed by atoms with van der Waals surface area (Å²) in [6.07, 6.45) is -4.74. The number of nitrogens with one attached hydrogen (secondary N) is 1. The number of hydrogen-bond acceptors (Lipinski definition) is 7. The van der Waals surface area contributed by atoms with Crippen molar-refractivity contribution in [3.8, 4) is 5.75 Å². The van der Waals surface area contributed by atoms with Crippen molar-refractivity contribution in [1.29, 1.82) is 0 Å². The molecule has 1 aromatic heterocycles. The number of benzene rings is 1. The Labute approximate surface area is 196 Å². The van der Waals surface area contributed by atoms with Gasteiger partial charge in [0.05, 0.1) is 17.6 Å². The molecule has 2 atom stereocenters. The Balaban J connectivity index is 1.03. The van der Waals surface area contributed by atoms with Gasteiger partial charge in [0, 0.05) is 28.5 Å². The van der Waals surface area contributed by atoms with E-state index in [1.165, 1.54) is 0 Å². The summed E-state index contributed by atoms with van der Waals surface area (Å²) in [6, 6.07) is 4.92. The van der Waals surface area contributed by atoms with Crippen molar-refractivity contribution in [1.82, 2.24) is 15.5 Å². The number of alkyl halides is 3. The Morgan fingerprint density at radius 3 is 2.65 bits per heavy atom. The number of aliphatic hydroxyl groups excluding tert-OH is 1. The zero-order valence-corrected chi connectivity index (χ0v) is 18.5. The first kappa shape index (κ1) is 22.1. The number of carbonyl (C=O) groups is 1. The van der Waals surface area contributed by atoms with Crippen molar-refractivity contribution in [2.24, 2.45) is 0 Å². The monoisotopic (exact) mass is 499 g/mol. The van der Waals surface area contributed by atoms with Crippen molar-refractivity contribution in [2.75, 3.05) is 0 Å². The minimum atomic E-state index is -4.64. The van der Waals surface area contributed by atoms with Crippen molar-refractivity contribution >= 4 is 17.5 Å². The molecule has 0 spiro atoms. The maximum absolute atomic E-state index is 12.8. The summed E-state index contributed by atoms with van der Waals surface area (Å²) < 4.78 is 52.5. The fraction of sp³-hybridized carbons (Fsp3) is 0.591. The lowest BCUT2D eigenvalue weighted by molar-refractivity contribution is -0.352. The molecule has 2 aromatic rings. The van der Waals surface area contributed by atoms with Gasteiger partial charge < -0.3 is 19.6 Å². The van der Waals surface area contributed by atoms with Gasteiger partial charge in [-0.15, -0.1) is 23.4 Å². The summed E-state index contributed by atoms with van der Waals surface area (Å²) in [5, 5.41) is 22.1. The van der Waals surface area contributed by atoms with Gasteiger partial charge in [0.2, 0.25) is 11.8 Å². The van der Waals surface area contributed by atoms with Crippen molar-refractivity contribution in [3.63, 3.8) is 0 Å². The molecule has 1 aliphatic heterocycles. The van der Waals surface area contributed by atoms with E-state index in [0.29, 0.717) is 47.4 Å². The van der Waals surface area contributed by atoms with Crippen LogP contribution in [0.5, 0.6) is 5.75 Å². The average Bonchev–Trinajstić information content (AvgIpc) is 3.14. The van der Waals surface area contributed by atoms with Crippen LogP contribution in [0.15, 0.2) is 22.6 Å². The van der Waals surface area contributed by atoms with E-state index in [4.69, 9.17) is 20.8 Å². The quantitative estimate of drug-likeness (QED) is 0.646. The highest BCUT2D eigenvalue weighted by molar-refractivity contribution is 6.30. The van der Waals surface area contributed by atoms with Crippen LogP contribution in [0.2, 0.25) is 5.02 Å². The highest BCUT2D eigenvalue weighted by atomic mass is 35.5. The van der Waals surface area contributed by atoms with Crippen LogP contribution in [0.25, 0.3) is 0 Å². The number of fused-ring (bicyclic) bond motifs is 1. The number of amides is 1. The smallest absolute Gasteiger partial charge is 0.480 e. The molecule has 5 aliphatic rings. The van der Waals surface area contributed by atoms with Gasteiger partial charge in [0.1, 0.15) is 5.75 Å². The molecule has 2 bridgehead atoms. The van der Waals surface area contributed by atoms with Gasteiger partial charge in [-0.3, -0.25) is 9.53 Å². The minimum Gasteiger partial charge on any atom is -0.480 e. The SMILES string of the molecule is O=C(NC12CC(c3nnc(C4CC(OC(F)(F)F)C4)o3)(C1)C2)[C@H]1C[C@@H](O)c2cc(Cl)ccc2O1. The second-order valence-corrected chi connectivity index (χ2v) is 10.4. The van der Waals surface area contributed by atoms with Crippen LogP contribution < -0.4 is 10.1 Å². The summed E-state index contributed by atoms with van der Waals surface area (Å²) in [6.45, 7) is 0. The first-order valence-electron chi connectivity index (χ1n) is 11.1. The Morgan fingerprint density at radius 1 is 1.21 bits per heavy atom. The number of halogens is 4. The molecule has 1 aromatic carbocycles. The van der Waals surface area contributed by atoms with E-state index in [-0.39, 0.29) is 42.0 Å². The maximum Gasteiger partial charge on any atom is 0.522 e. The molecular formula is C22H21ClF3N3O5. The first-order valence-corrected chi connectivity index (χ1v) is 11.5. The van der Waals surface area contributed by atoms with E-state index >= 15 is 0 Å². The van der Waals surface area contributed by atoms with Gasteiger partial charge in [0.25, 0.3) is 5.91 Å². The van der Waals surface area contributed by atoms with E-state index in [1.807, 2.05) is 0 Å². The van der Waals surface area contributed by atoms with Crippen molar-refractivity contribution in [2.45, 2.75) is 80.1 Å². The molecule has 4 fully saturated rings. The third-order valence-corrected chi connectivity index (χ3v) is 7.62. The van der Waals surface area contributed by atoms with Crippen LogP contribution in [-0.4, -0.2) is 45.3 Å². The summed E-state index contributed by atoms with van der Waals surface area (Å²) in [4.78, 5) is 12.8.